The maximum absolute atomic E-state index is 9.73. The summed E-state index contributed by atoms with van der Waals surface area (Å²) in [5.41, 5.74) is 2.73. The second kappa shape index (κ2) is 6.02. The van der Waals surface area contributed by atoms with E-state index in [1.165, 1.54) is 0 Å². The molecule has 2 unspecified atom stereocenters. The van der Waals surface area contributed by atoms with Crippen molar-refractivity contribution in [2.45, 2.75) is 32.4 Å². The molecule has 2 atom stereocenters. The summed E-state index contributed by atoms with van der Waals surface area (Å²) in [6.07, 6.45) is 0.349. The minimum absolute atomic E-state index is 0.108. The van der Waals surface area contributed by atoms with Crippen LogP contribution in [0, 0.1) is 13.8 Å². The number of anilines is 2. The number of piperidine rings is 1. The van der Waals surface area contributed by atoms with Gasteiger partial charge in [0.25, 0.3) is 0 Å². The summed E-state index contributed by atoms with van der Waals surface area (Å²) in [5, 5.41) is 20.3. The highest BCUT2D eigenvalue weighted by atomic mass is 16.3. The van der Waals surface area contributed by atoms with Crippen LogP contribution in [-0.2, 0) is 0 Å². The normalized spacial score (nSPS) is 21.8. The molecule has 118 valence electrons. The Morgan fingerprint density at radius 2 is 2.05 bits per heavy atom. The van der Waals surface area contributed by atoms with Crippen LogP contribution in [0.3, 0.4) is 0 Å². The summed E-state index contributed by atoms with van der Waals surface area (Å²) in [4.78, 5) is 13.6. The molecule has 22 heavy (non-hydrogen) atoms. The van der Waals surface area contributed by atoms with Gasteiger partial charge < -0.3 is 21.1 Å². The molecule has 7 heteroatoms. The molecule has 0 radical (unpaired) electrons. The van der Waals surface area contributed by atoms with E-state index in [1.54, 1.807) is 0 Å². The number of aliphatic hydroxyl groups is 1. The standard InChI is InChI=1S/C15H22N6O/c1-8-4-9(2)18-14-12(8)13(16-3)20-15(21-14)19-10-5-11(22)7-17-6-10/h4,10-11,17,22H,5-7H2,1-3H3,(H2,16,18,19,20,21). The fourth-order valence-electron chi connectivity index (χ4n) is 2.94. The van der Waals surface area contributed by atoms with Crippen molar-refractivity contribution < 1.29 is 5.11 Å². The third-order valence-corrected chi connectivity index (χ3v) is 3.89. The second-order valence-electron chi connectivity index (χ2n) is 5.81. The fraction of sp³-hybridized carbons (Fsp3) is 0.533. The van der Waals surface area contributed by atoms with E-state index in [2.05, 4.69) is 30.9 Å². The minimum Gasteiger partial charge on any atom is -0.392 e. The molecule has 2 aromatic heterocycles. The number of nitrogens with one attached hydrogen (secondary N) is 3. The molecule has 2 aromatic rings. The smallest absolute Gasteiger partial charge is 0.226 e. The third-order valence-electron chi connectivity index (χ3n) is 3.89. The summed E-state index contributed by atoms with van der Waals surface area (Å²) in [7, 11) is 1.84. The van der Waals surface area contributed by atoms with Crippen LogP contribution in [0.25, 0.3) is 11.0 Å². The van der Waals surface area contributed by atoms with Gasteiger partial charge in [0, 0.05) is 31.9 Å². The van der Waals surface area contributed by atoms with Gasteiger partial charge in [-0.05, 0) is 31.9 Å². The maximum atomic E-state index is 9.73. The molecule has 1 aliphatic rings. The summed E-state index contributed by atoms with van der Waals surface area (Å²) in [6, 6.07) is 2.14. The third kappa shape index (κ3) is 2.95. The number of nitrogens with zero attached hydrogens (tertiary/aromatic N) is 3. The first-order valence-electron chi connectivity index (χ1n) is 7.56. The molecule has 0 saturated carbocycles. The van der Waals surface area contributed by atoms with Crippen LogP contribution >= 0.6 is 0 Å². The Morgan fingerprint density at radius 3 is 2.77 bits per heavy atom. The lowest BCUT2D eigenvalue weighted by Gasteiger charge is -2.27. The first-order valence-corrected chi connectivity index (χ1v) is 7.56. The van der Waals surface area contributed by atoms with Crippen molar-refractivity contribution in [3.05, 3.63) is 17.3 Å². The summed E-state index contributed by atoms with van der Waals surface area (Å²) >= 11 is 0. The Labute approximate surface area is 129 Å². The molecule has 1 saturated heterocycles. The van der Waals surface area contributed by atoms with E-state index in [1.807, 2.05) is 27.0 Å². The van der Waals surface area contributed by atoms with Crippen LogP contribution in [-0.4, -0.2) is 52.3 Å². The number of β-amino-alcohol motifs (C(OH)–C–C–N with tert-alkyl or cyclic N) is 1. The molecule has 0 amide bonds. The Balaban J connectivity index is 1.96. The van der Waals surface area contributed by atoms with E-state index in [0.29, 0.717) is 24.6 Å². The van der Waals surface area contributed by atoms with E-state index < -0.39 is 0 Å². The van der Waals surface area contributed by atoms with Crippen LogP contribution in [0.15, 0.2) is 6.07 Å². The van der Waals surface area contributed by atoms with Crippen molar-refractivity contribution in [1.82, 2.24) is 20.3 Å². The van der Waals surface area contributed by atoms with Gasteiger partial charge in [-0.25, -0.2) is 4.98 Å². The fourth-order valence-corrected chi connectivity index (χ4v) is 2.94. The highest BCUT2D eigenvalue weighted by Gasteiger charge is 2.21. The molecule has 0 spiro atoms. The molecule has 7 nitrogen and oxygen atoms in total. The average molecular weight is 302 g/mol. The van der Waals surface area contributed by atoms with Crippen molar-refractivity contribution in [2.75, 3.05) is 30.8 Å². The quantitative estimate of drug-likeness (QED) is 0.666. The zero-order valence-corrected chi connectivity index (χ0v) is 13.1. The minimum atomic E-state index is -0.335. The van der Waals surface area contributed by atoms with E-state index in [9.17, 15) is 5.11 Å². The van der Waals surface area contributed by atoms with Gasteiger partial charge >= 0.3 is 0 Å². The van der Waals surface area contributed by atoms with Gasteiger partial charge in [-0.1, -0.05) is 0 Å². The van der Waals surface area contributed by atoms with Crippen LogP contribution in [0.2, 0.25) is 0 Å². The van der Waals surface area contributed by atoms with Crippen LogP contribution in [0.1, 0.15) is 17.7 Å². The lowest BCUT2D eigenvalue weighted by molar-refractivity contribution is 0.136. The van der Waals surface area contributed by atoms with Gasteiger partial charge in [-0.15, -0.1) is 0 Å². The van der Waals surface area contributed by atoms with E-state index in [0.717, 1.165) is 29.0 Å². The number of rotatable bonds is 3. The predicted molar refractivity (Wildman–Crippen MR) is 87.3 cm³/mol. The van der Waals surface area contributed by atoms with E-state index in [-0.39, 0.29) is 12.1 Å². The van der Waals surface area contributed by atoms with Crippen molar-refractivity contribution in [3.63, 3.8) is 0 Å². The number of pyridine rings is 1. The second-order valence-corrected chi connectivity index (χ2v) is 5.81. The molecular formula is C15H22N6O. The monoisotopic (exact) mass is 302 g/mol. The lowest BCUT2D eigenvalue weighted by Crippen LogP contribution is -2.46. The molecule has 3 heterocycles. The van der Waals surface area contributed by atoms with E-state index >= 15 is 0 Å². The van der Waals surface area contributed by atoms with Gasteiger partial charge in [-0.3, -0.25) is 0 Å². The van der Waals surface area contributed by atoms with Crippen molar-refractivity contribution in [2.24, 2.45) is 0 Å². The van der Waals surface area contributed by atoms with Crippen LogP contribution in [0.4, 0.5) is 11.8 Å². The van der Waals surface area contributed by atoms with Gasteiger partial charge in [0.05, 0.1) is 11.5 Å². The zero-order chi connectivity index (χ0) is 15.7. The molecular weight excluding hydrogens is 280 g/mol. The topological polar surface area (TPSA) is 95.0 Å². The Bertz CT molecular complexity index is 689. The van der Waals surface area contributed by atoms with Gasteiger partial charge in [0.2, 0.25) is 5.95 Å². The number of aryl methyl sites for hydroxylation is 2. The Morgan fingerprint density at radius 1 is 1.23 bits per heavy atom. The highest BCUT2D eigenvalue weighted by Crippen LogP contribution is 2.25. The summed E-state index contributed by atoms with van der Waals surface area (Å²) in [6.45, 7) is 5.42. The molecule has 0 aliphatic carbocycles. The zero-order valence-electron chi connectivity index (χ0n) is 13.1. The lowest BCUT2D eigenvalue weighted by atomic mass is 10.1. The van der Waals surface area contributed by atoms with Crippen molar-refractivity contribution in [1.29, 1.82) is 0 Å². The van der Waals surface area contributed by atoms with Crippen molar-refractivity contribution in [3.8, 4) is 0 Å². The number of hydrogen-bond donors (Lipinski definition) is 4. The van der Waals surface area contributed by atoms with Gasteiger partial charge in [-0.2, -0.15) is 9.97 Å². The molecule has 3 rings (SSSR count). The molecule has 0 aromatic carbocycles. The Kier molecular flexibility index (Phi) is 4.08. The highest BCUT2D eigenvalue weighted by molar-refractivity contribution is 5.90. The van der Waals surface area contributed by atoms with Gasteiger partial charge in [0.15, 0.2) is 5.65 Å². The number of hydrogen-bond acceptors (Lipinski definition) is 7. The van der Waals surface area contributed by atoms with Crippen LogP contribution < -0.4 is 16.0 Å². The number of fused-ring (bicyclic) bond motifs is 1. The first-order chi connectivity index (χ1) is 10.6. The largest absolute Gasteiger partial charge is 0.392 e. The first kappa shape index (κ1) is 14.9. The molecule has 4 N–H and O–H groups in total. The SMILES string of the molecule is CNc1nc(NC2CNCC(O)C2)nc2nc(C)cc(C)c12. The summed E-state index contributed by atoms with van der Waals surface area (Å²) in [5.74, 6) is 1.30. The average Bonchev–Trinajstić information content (AvgIpc) is 2.45. The molecule has 1 aliphatic heterocycles. The summed E-state index contributed by atoms with van der Waals surface area (Å²) < 4.78 is 0. The number of aliphatic hydroxyl groups excluding tert-OH is 1. The molecule has 0 bridgehead atoms. The van der Waals surface area contributed by atoms with E-state index in [4.69, 9.17) is 0 Å². The maximum Gasteiger partial charge on any atom is 0.226 e. The molecule has 1 fully saturated rings. The van der Waals surface area contributed by atoms with Gasteiger partial charge in [0.1, 0.15) is 5.82 Å². The predicted octanol–water partition coefficient (Wildman–Crippen LogP) is 0.818. The van der Waals surface area contributed by atoms with Crippen LogP contribution in [0.5, 0.6) is 0 Å². The Hall–Kier alpha value is -1.99. The van der Waals surface area contributed by atoms with Crippen molar-refractivity contribution >= 4 is 22.8 Å². The number of aromatic nitrogens is 3.